The topological polar surface area (TPSA) is 9.23 Å². The van der Waals surface area contributed by atoms with Crippen LogP contribution in [0, 0.1) is 0 Å². The van der Waals surface area contributed by atoms with Gasteiger partial charge in [-0.2, -0.15) is 74.6 Å². The molecule has 19 heteroatoms. The second-order valence-corrected chi connectivity index (χ2v) is 15.2. The van der Waals surface area contributed by atoms with Gasteiger partial charge in [-0.05, 0) is 31.0 Å². The standard InChI is InChI=1S/C20H27F17OSi/c1-12(2,3)39(4,5)38-11-9-7-6-8-10-13(21,22)14(23,24)15(25,26)16(27,28)17(29,30)18(31,32)19(33,34)20(35,36)37/h6-11H2,1-5H3. The van der Waals surface area contributed by atoms with E-state index in [4.69, 9.17) is 4.43 Å². The summed E-state index contributed by atoms with van der Waals surface area (Å²) in [6, 6.07) is 0. The second-order valence-electron chi connectivity index (χ2n) is 10.4. The quantitative estimate of drug-likeness (QED) is 0.105. The molecule has 0 amide bonds. The molecule has 0 heterocycles. The lowest BCUT2D eigenvalue weighted by molar-refractivity contribution is -0.461. The van der Waals surface area contributed by atoms with Crippen molar-refractivity contribution in [2.45, 2.75) is 119 Å². The highest BCUT2D eigenvalue weighted by Gasteiger charge is 2.95. The fraction of sp³-hybridized carbons (Fsp3) is 1.00. The first-order valence-corrected chi connectivity index (χ1v) is 14.0. The molecule has 0 aromatic carbocycles. The normalized spacial score (nSPS) is 16.2. The lowest BCUT2D eigenvalue weighted by Gasteiger charge is -2.42. The largest absolute Gasteiger partial charge is 0.460 e. The van der Waals surface area contributed by atoms with Crippen LogP contribution in [0.3, 0.4) is 0 Å². The van der Waals surface area contributed by atoms with Gasteiger partial charge in [0.1, 0.15) is 0 Å². The molecule has 0 aromatic rings. The number of halogens is 17. The number of alkyl halides is 17. The monoisotopic (exact) mass is 634 g/mol. The average molecular weight is 634 g/mol. The van der Waals surface area contributed by atoms with Gasteiger partial charge in [-0.1, -0.05) is 33.6 Å². The predicted octanol–water partition coefficient (Wildman–Crippen LogP) is 9.97. The van der Waals surface area contributed by atoms with Crippen LogP contribution in [-0.2, 0) is 4.43 Å². The predicted molar refractivity (Wildman–Crippen MR) is 107 cm³/mol. The summed E-state index contributed by atoms with van der Waals surface area (Å²) in [6.45, 7) is 9.46. The van der Waals surface area contributed by atoms with Crippen LogP contribution in [0.1, 0.15) is 52.9 Å². The van der Waals surface area contributed by atoms with Gasteiger partial charge in [0.15, 0.2) is 8.32 Å². The average Bonchev–Trinajstić information content (AvgIpc) is 2.70. The fourth-order valence-corrected chi connectivity index (χ4v) is 3.79. The summed E-state index contributed by atoms with van der Waals surface area (Å²) in [5, 5.41) is -0.211. The van der Waals surface area contributed by atoms with E-state index in [-0.39, 0.29) is 24.5 Å². The number of hydrogen-bond acceptors (Lipinski definition) is 1. The summed E-state index contributed by atoms with van der Waals surface area (Å²) in [5.41, 5.74) is 0. The third-order valence-electron chi connectivity index (χ3n) is 6.44. The summed E-state index contributed by atoms with van der Waals surface area (Å²) in [7, 11) is -2.22. The molecule has 0 aliphatic rings. The zero-order valence-electron chi connectivity index (χ0n) is 21.1. The first kappa shape index (κ1) is 38.0. The molecule has 0 aromatic heterocycles. The SMILES string of the molecule is CC(C)(C)[Si](C)(C)OCCCCCCC(F)(F)C(F)(F)C(F)(F)C(F)(F)C(F)(F)C(F)(F)C(F)(F)C(F)(F)F. The van der Waals surface area contributed by atoms with Crippen LogP contribution < -0.4 is 0 Å². The zero-order valence-corrected chi connectivity index (χ0v) is 22.1. The highest BCUT2D eigenvalue weighted by atomic mass is 28.4. The van der Waals surface area contributed by atoms with Gasteiger partial charge < -0.3 is 4.43 Å². The lowest BCUT2D eigenvalue weighted by Crippen LogP contribution is -2.74. The molecule has 39 heavy (non-hydrogen) atoms. The van der Waals surface area contributed by atoms with Gasteiger partial charge in [-0.25, -0.2) is 0 Å². The van der Waals surface area contributed by atoms with Crippen LogP contribution in [0.5, 0.6) is 0 Å². The van der Waals surface area contributed by atoms with Gasteiger partial charge in [-0.3, -0.25) is 0 Å². The molecule has 0 unspecified atom stereocenters. The maximum Gasteiger partial charge on any atom is 0.460 e. The Hall–Kier alpha value is -1.01. The van der Waals surface area contributed by atoms with Gasteiger partial charge in [0, 0.05) is 13.0 Å². The van der Waals surface area contributed by atoms with E-state index in [1.54, 1.807) is 0 Å². The molecule has 0 fully saturated rings. The summed E-state index contributed by atoms with van der Waals surface area (Å²) in [4.78, 5) is 0. The van der Waals surface area contributed by atoms with Gasteiger partial charge >= 0.3 is 47.6 Å². The van der Waals surface area contributed by atoms with Crippen molar-refractivity contribution in [2.24, 2.45) is 0 Å². The maximum atomic E-state index is 13.9. The molecule has 0 radical (unpaired) electrons. The Balaban J connectivity index is 5.67. The van der Waals surface area contributed by atoms with Gasteiger partial charge in [0.2, 0.25) is 0 Å². The number of unbranched alkanes of at least 4 members (excludes halogenated alkanes) is 3. The molecular weight excluding hydrogens is 607 g/mol. The summed E-state index contributed by atoms with van der Waals surface area (Å²) < 4.78 is 231. The zero-order chi connectivity index (χ0) is 31.9. The van der Waals surface area contributed by atoms with Crippen LogP contribution in [0.4, 0.5) is 74.6 Å². The number of hydrogen-bond donors (Lipinski definition) is 0. The van der Waals surface area contributed by atoms with Crippen LogP contribution in [-0.4, -0.2) is 62.6 Å². The summed E-state index contributed by atoms with van der Waals surface area (Å²) >= 11 is 0. The van der Waals surface area contributed by atoms with Crippen LogP contribution >= 0.6 is 0 Å². The Morgan fingerprint density at radius 1 is 0.462 bits per heavy atom. The Morgan fingerprint density at radius 3 is 1.15 bits per heavy atom. The van der Waals surface area contributed by atoms with Gasteiger partial charge in [0.25, 0.3) is 0 Å². The summed E-state index contributed by atoms with van der Waals surface area (Å²) in [5.74, 6) is -55.9. The maximum absolute atomic E-state index is 13.9. The fourth-order valence-electron chi connectivity index (χ4n) is 2.70. The molecule has 0 spiro atoms. The van der Waals surface area contributed by atoms with E-state index >= 15 is 0 Å². The van der Waals surface area contributed by atoms with E-state index in [2.05, 4.69) is 0 Å². The molecule has 0 saturated heterocycles. The van der Waals surface area contributed by atoms with E-state index in [1.807, 2.05) is 33.9 Å². The molecule has 1 nitrogen and oxygen atoms in total. The van der Waals surface area contributed by atoms with Gasteiger partial charge in [0.05, 0.1) is 0 Å². The molecule has 236 valence electrons. The van der Waals surface area contributed by atoms with E-state index in [9.17, 15) is 74.6 Å². The molecular formula is C20H27F17OSi. The Labute approximate surface area is 213 Å². The minimum absolute atomic E-state index is 0.0420. The lowest BCUT2D eigenvalue weighted by atomic mass is 9.88. The van der Waals surface area contributed by atoms with Crippen molar-refractivity contribution >= 4 is 8.32 Å². The van der Waals surface area contributed by atoms with E-state index in [1.165, 1.54) is 0 Å². The molecule has 0 aliphatic carbocycles. The minimum atomic E-state index is -8.59. The molecule has 0 bridgehead atoms. The van der Waals surface area contributed by atoms with Crippen molar-refractivity contribution < 1.29 is 79.1 Å². The summed E-state index contributed by atoms with van der Waals surface area (Å²) in [6.07, 6.45) is -11.6. The van der Waals surface area contributed by atoms with Crippen molar-refractivity contribution in [2.75, 3.05) is 6.61 Å². The molecule has 0 rings (SSSR count). The van der Waals surface area contributed by atoms with Crippen LogP contribution in [0.25, 0.3) is 0 Å². The molecule has 0 saturated carbocycles. The van der Waals surface area contributed by atoms with E-state index in [0.29, 0.717) is 0 Å². The Kier molecular flexibility index (Phi) is 10.7. The van der Waals surface area contributed by atoms with Crippen LogP contribution in [0.2, 0.25) is 18.1 Å². The highest BCUT2D eigenvalue weighted by Crippen LogP contribution is 2.64. The van der Waals surface area contributed by atoms with Crippen molar-refractivity contribution in [3.63, 3.8) is 0 Å². The third-order valence-corrected chi connectivity index (χ3v) is 11.0. The van der Waals surface area contributed by atoms with Crippen LogP contribution in [0.15, 0.2) is 0 Å². The van der Waals surface area contributed by atoms with Gasteiger partial charge in [-0.15, -0.1) is 0 Å². The van der Waals surface area contributed by atoms with E-state index < -0.39 is 75.2 Å². The van der Waals surface area contributed by atoms with E-state index in [0.717, 1.165) is 0 Å². The van der Waals surface area contributed by atoms with Crippen molar-refractivity contribution in [1.82, 2.24) is 0 Å². The highest BCUT2D eigenvalue weighted by molar-refractivity contribution is 6.74. The Bertz CT molecular complexity index is 812. The minimum Gasteiger partial charge on any atom is -0.417 e. The first-order valence-electron chi connectivity index (χ1n) is 11.1. The molecule has 0 atom stereocenters. The first-order chi connectivity index (χ1) is 16.7. The number of rotatable bonds is 14. The van der Waals surface area contributed by atoms with Crippen molar-refractivity contribution in [1.29, 1.82) is 0 Å². The molecule has 0 aliphatic heterocycles. The third kappa shape index (κ3) is 6.57. The molecule has 0 N–H and O–H groups in total. The van der Waals surface area contributed by atoms with Crippen molar-refractivity contribution in [3.8, 4) is 0 Å². The van der Waals surface area contributed by atoms with Crippen molar-refractivity contribution in [3.05, 3.63) is 0 Å². The second kappa shape index (κ2) is 11.0. The Morgan fingerprint density at radius 2 is 0.795 bits per heavy atom. The smallest absolute Gasteiger partial charge is 0.417 e.